The molecule has 0 N–H and O–H groups in total. The summed E-state index contributed by atoms with van der Waals surface area (Å²) in [5.74, 6) is 0. The average Bonchev–Trinajstić information content (AvgIpc) is 2.48. The lowest BCUT2D eigenvalue weighted by Crippen LogP contribution is -2.57. The zero-order chi connectivity index (χ0) is 16.6. The summed E-state index contributed by atoms with van der Waals surface area (Å²) in [4.78, 5) is 2.21. The highest BCUT2D eigenvalue weighted by molar-refractivity contribution is 7.90. The first-order valence-corrected chi connectivity index (χ1v) is 9.96. The van der Waals surface area contributed by atoms with Crippen molar-refractivity contribution in [3.8, 4) is 0 Å². The molecule has 0 radical (unpaired) electrons. The molecule has 0 bridgehead atoms. The van der Waals surface area contributed by atoms with Gasteiger partial charge in [-0.2, -0.15) is 0 Å². The van der Waals surface area contributed by atoms with Crippen molar-refractivity contribution in [3.63, 3.8) is 0 Å². The molecule has 10 heteroatoms. The number of azide groups is 1. The zero-order valence-corrected chi connectivity index (χ0v) is 14.5. The van der Waals surface area contributed by atoms with E-state index in [0.29, 0.717) is 25.0 Å². The van der Waals surface area contributed by atoms with Crippen LogP contribution in [0.1, 0.15) is 20.8 Å². The van der Waals surface area contributed by atoms with E-state index in [1.165, 1.54) is 18.2 Å². The molecule has 0 spiro atoms. The van der Waals surface area contributed by atoms with Crippen LogP contribution >= 0.6 is 0 Å². The third-order valence-electron chi connectivity index (χ3n) is 2.63. The minimum absolute atomic E-state index is 0.126. The van der Waals surface area contributed by atoms with Gasteiger partial charge in [0.25, 0.3) is 10.0 Å². The van der Waals surface area contributed by atoms with Crippen LogP contribution in [0.2, 0.25) is 0 Å². The van der Waals surface area contributed by atoms with E-state index in [1.807, 2.05) is 0 Å². The van der Waals surface area contributed by atoms with Gasteiger partial charge in [0.05, 0.1) is 4.90 Å². The summed E-state index contributed by atoms with van der Waals surface area (Å²) in [6.07, 6.45) is 0. The number of rotatable bonds is 9. The highest BCUT2D eigenvalue weighted by Gasteiger charge is 2.43. The van der Waals surface area contributed by atoms with E-state index in [-0.39, 0.29) is 4.90 Å². The Hall–Kier alpha value is -1.42. The second-order valence-corrected chi connectivity index (χ2v) is 8.17. The topological polar surface area (TPSA) is 111 Å². The lowest BCUT2D eigenvalue weighted by Gasteiger charge is -2.28. The summed E-state index contributed by atoms with van der Waals surface area (Å²) in [5, 5.41) is 0.507. The first kappa shape index (κ1) is 18.6. The number of sulfonamides is 1. The van der Waals surface area contributed by atoms with Crippen LogP contribution in [0, 0.1) is 0 Å². The van der Waals surface area contributed by atoms with Crippen molar-refractivity contribution in [2.75, 3.05) is 19.8 Å². The lowest BCUT2D eigenvalue weighted by atomic mass is 10.4. The molecule has 8 nitrogen and oxygen atoms in total. The van der Waals surface area contributed by atoms with E-state index in [1.54, 1.807) is 26.8 Å². The van der Waals surface area contributed by atoms with Gasteiger partial charge in [-0.25, -0.2) is 8.42 Å². The molecule has 0 saturated heterocycles. The molecule has 22 heavy (non-hydrogen) atoms. The molecule has 0 aromatic heterocycles. The summed E-state index contributed by atoms with van der Waals surface area (Å²) in [7, 11) is -7.28. The van der Waals surface area contributed by atoms with Crippen molar-refractivity contribution in [1.82, 2.24) is 0 Å². The predicted molar refractivity (Wildman–Crippen MR) is 83.0 cm³/mol. The minimum atomic E-state index is -4.07. The van der Waals surface area contributed by atoms with Gasteiger partial charge in [0, 0.05) is 34.4 Å². The molecule has 0 aliphatic carbocycles. The summed E-state index contributed by atoms with van der Waals surface area (Å²) < 4.78 is 43.7. The molecule has 1 rings (SSSR count). The van der Waals surface area contributed by atoms with Crippen LogP contribution in [-0.2, 0) is 23.3 Å². The number of hydrogen-bond acceptors (Lipinski definition) is 5. The third-order valence-corrected chi connectivity index (χ3v) is 6.79. The SMILES string of the molecule is CCO[Si](OCC)(OCC)c1cccc(S(=O)(=O)N=[N+]=[N-])c1. The van der Waals surface area contributed by atoms with Gasteiger partial charge in [-0.15, -0.1) is 0 Å². The van der Waals surface area contributed by atoms with Crippen molar-refractivity contribution in [1.29, 1.82) is 0 Å². The molecule has 0 fully saturated rings. The van der Waals surface area contributed by atoms with Crippen molar-refractivity contribution in [2.24, 2.45) is 4.52 Å². The van der Waals surface area contributed by atoms with E-state index >= 15 is 0 Å². The highest BCUT2D eigenvalue weighted by atomic mass is 32.2. The fraction of sp³-hybridized carbons (Fsp3) is 0.500. The average molecular weight is 345 g/mol. The molecule has 122 valence electrons. The third kappa shape index (κ3) is 4.29. The Balaban J connectivity index is 3.40. The van der Waals surface area contributed by atoms with Crippen LogP contribution < -0.4 is 5.19 Å². The van der Waals surface area contributed by atoms with Gasteiger partial charge in [-0.3, -0.25) is 0 Å². The van der Waals surface area contributed by atoms with E-state index in [4.69, 9.17) is 18.8 Å². The number of benzene rings is 1. The van der Waals surface area contributed by atoms with Crippen molar-refractivity contribution >= 4 is 24.0 Å². The van der Waals surface area contributed by atoms with Gasteiger partial charge < -0.3 is 13.3 Å². The minimum Gasteiger partial charge on any atom is -0.370 e. The van der Waals surface area contributed by atoms with Crippen LogP contribution in [0.15, 0.2) is 33.7 Å². The highest BCUT2D eigenvalue weighted by Crippen LogP contribution is 2.16. The standard InChI is InChI=1S/C12H19N3O5SSi/c1-4-18-22(19-5-2,20-6-3)12-9-7-8-11(10-12)21(16,17)15-14-13/h7-10H,4-6H2,1-3H3. The fourth-order valence-corrected chi connectivity index (χ4v) is 5.23. The number of nitrogens with zero attached hydrogens (tertiary/aromatic N) is 3. The van der Waals surface area contributed by atoms with E-state index in [9.17, 15) is 8.42 Å². The predicted octanol–water partition coefficient (Wildman–Crippen LogP) is 1.94. The van der Waals surface area contributed by atoms with Gasteiger partial charge >= 0.3 is 8.80 Å². The Bertz CT molecular complexity index is 629. The van der Waals surface area contributed by atoms with Gasteiger partial charge in [-0.1, -0.05) is 12.1 Å². The molecular formula is C12H19N3O5SSi. The van der Waals surface area contributed by atoms with Gasteiger partial charge in [-0.05, 0) is 38.4 Å². The Morgan fingerprint density at radius 3 is 2.14 bits per heavy atom. The lowest BCUT2D eigenvalue weighted by molar-refractivity contribution is 0.0858. The van der Waals surface area contributed by atoms with Gasteiger partial charge in [0.1, 0.15) is 0 Å². The molecule has 0 aliphatic rings. The molecular weight excluding hydrogens is 326 g/mol. The number of hydrogen-bond donors (Lipinski definition) is 0. The quantitative estimate of drug-likeness (QED) is 0.294. The van der Waals surface area contributed by atoms with Gasteiger partial charge in [0.2, 0.25) is 0 Å². The van der Waals surface area contributed by atoms with Crippen LogP contribution in [0.5, 0.6) is 0 Å². The van der Waals surface area contributed by atoms with Crippen LogP contribution in [0.25, 0.3) is 10.4 Å². The maximum Gasteiger partial charge on any atom is 0.537 e. The van der Waals surface area contributed by atoms with Crippen LogP contribution in [0.3, 0.4) is 0 Å². The first-order chi connectivity index (χ1) is 10.5. The Morgan fingerprint density at radius 1 is 1.14 bits per heavy atom. The van der Waals surface area contributed by atoms with Crippen LogP contribution in [0.4, 0.5) is 0 Å². The molecule has 0 heterocycles. The molecule has 0 atom stereocenters. The smallest absolute Gasteiger partial charge is 0.370 e. The zero-order valence-electron chi connectivity index (χ0n) is 12.7. The molecule has 0 saturated carbocycles. The maximum atomic E-state index is 11.9. The normalized spacial score (nSPS) is 12.0. The summed E-state index contributed by atoms with van der Waals surface area (Å²) in [5.41, 5.74) is 8.36. The molecule has 1 aromatic carbocycles. The van der Waals surface area contributed by atoms with Crippen molar-refractivity contribution < 1.29 is 21.7 Å². The summed E-state index contributed by atoms with van der Waals surface area (Å²) >= 11 is 0. The monoisotopic (exact) mass is 345 g/mol. The van der Waals surface area contributed by atoms with E-state index < -0.39 is 18.8 Å². The Labute approximate surface area is 131 Å². The Kier molecular flexibility index (Phi) is 7.00. The van der Waals surface area contributed by atoms with E-state index in [0.717, 1.165) is 0 Å². The van der Waals surface area contributed by atoms with Crippen molar-refractivity contribution in [2.45, 2.75) is 25.7 Å². The fourth-order valence-electron chi connectivity index (χ4n) is 1.89. The molecule has 0 amide bonds. The molecule has 0 unspecified atom stereocenters. The second kappa shape index (κ2) is 8.27. The second-order valence-electron chi connectivity index (χ2n) is 4.03. The van der Waals surface area contributed by atoms with Crippen LogP contribution in [-0.4, -0.2) is 37.0 Å². The maximum absolute atomic E-state index is 11.9. The first-order valence-electron chi connectivity index (χ1n) is 6.79. The van der Waals surface area contributed by atoms with E-state index in [2.05, 4.69) is 9.43 Å². The summed E-state index contributed by atoms with van der Waals surface area (Å²) in [6.45, 7) is 6.50. The molecule has 1 aromatic rings. The van der Waals surface area contributed by atoms with Crippen molar-refractivity contribution in [3.05, 3.63) is 34.7 Å². The van der Waals surface area contributed by atoms with Gasteiger partial charge in [0.15, 0.2) is 0 Å². The largest absolute Gasteiger partial charge is 0.537 e. The Morgan fingerprint density at radius 2 is 1.68 bits per heavy atom. The molecule has 0 aliphatic heterocycles. The summed E-state index contributed by atoms with van der Waals surface area (Å²) in [6, 6.07) is 5.93.